The fraction of sp³-hybridized carbons (Fsp3) is 0.438. The van der Waals surface area contributed by atoms with Crippen LogP contribution in [0.1, 0.15) is 37.7 Å². The van der Waals surface area contributed by atoms with Gasteiger partial charge >= 0.3 is 6.18 Å². The summed E-state index contributed by atoms with van der Waals surface area (Å²) in [4.78, 5) is 11.2. The number of rotatable bonds is 3. The van der Waals surface area contributed by atoms with Crippen LogP contribution in [-0.2, 0) is 6.18 Å². The Morgan fingerprint density at radius 2 is 1.62 bits per heavy atom. The van der Waals surface area contributed by atoms with Crippen LogP contribution in [0.5, 0.6) is 5.88 Å². The van der Waals surface area contributed by atoms with Crippen molar-refractivity contribution in [2.45, 2.75) is 44.4 Å². The van der Waals surface area contributed by atoms with Crippen molar-refractivity contribution in [2.24, 2.45) is 0 Å². The van der Waals surface area contributed by atoms with E-state index in [1.165, 1.54) is 6.20 Å². The van der Waals surface area contributed by atoms with E-state index in [1.807, 2.05) is 0 Å². The van der Waals surface area contributed by atoms with Gasteiger partial charge in [0.15, 0.2) is 11.6 Å². The van der Waals surface area contributed by atoms with Gasteiger partial charge in [-0.2, -0.15) is 13.2 Å². The van der Waals surface area contributed by atoms with Gasteiger partial charge in [-0.15, -0.1) is 0 Å². The van der Waals surface area contributed by atoms with Gasteiger partial charge in [0.25, 0.3) is 5.88 Å². The summed E-state index contributed by atoms with van der Waals surface area (Å²) < 4.78 is 57.2. The second-order valence-corrected chi connectivity index (χ2v) is 5.68. The molecule has 24 heavy (non-hydrogen) atoms. The van der Waals surface area contributed by atoms with E-state index in [4.69, 9.17) is 4.74 Å². The number of alkyl halides is 3. The van der Waals surface area contributed by atoms with Gasteiger partial charge in [0.1, 0.15) is 6.10 Å². The number of pyridine rings is 1. The van der Waals surface area contributed by atoms with Gasteiger partial charge in [-0.1, -0.05) is 6.42 Å². The monoisotopic (exact) mass is 341 g/mol. The van der Waals surface area contributed by atoms with Gasteiger partial charge in [0, 0.05) is 24.2 Å². The third-order valence-electron chi connectivity index (χ3n) is 3.88. The van der Waals surface area contributed by atoms with E-state index in [0.717, 1.165) is 38.2 Å². The van der Waals surface area contributed by atoms with Gasteiger partial charge in [-0.05, 0) is 31.7 Å². The van der Waals surface area contributed by atoms with Crippen molar-refractivity contribution in [3.63, 3.8) is 0 Å². The molecule has 0 N–H and O–H groups in total. The summed E-state index contributed by atoms with van der Waals surface area (Å²) in [6, 6.07) is 1.12. The largest absolute Gasteiger partial charge is 0.472 e. The molecule has 2 heterocycles. The Kier molecular flexibility index (Phi) is 4.64. The van der Waals surface area contributed by atoms with E-state index in [9.17, 15) is 17.6 Å². The molecule has 2 aromatic heterocycles. The van der Waals surface area contributed by atoms with Crippen molar-refractivity contribution in [1.82, 2.24) is 15.0 Å². The number of nitrogens with zero attached hydrogens (tertiary/aromatic N) is 3. The lowest BCUT2D eigenvalue weighted by Gasteiger charge is -2.22. The Morgan fingerprint density at radius 1 is 0.958 bits per heavy atom. The summed E-state index contributed by atoms with van der Waals surface area (Å²) in [7, 11) is 0. The Hall–Kier alpha value is -2.25. The zero-order valence-electron chi connectivity index (χ0n) is 12.7. The van der Waals surface area contributed by atoms with Crippen LogP contribution in [0.4, 0.5) is 17.6 Å². The molecule has 0 bridgehead atoms. The van der Waals surface area contributed by atoms with Crippen LogP contribution < -0.4 is 4.74 Å². The average Bonchev–Trinajstić information content (AvgIpc) is 2.57. The van der Waals surface area contributed by atoms with Gasteiger partial charge in [0.05, 0.1) is 5.56 Å². The Morgan fingerprint density at radius 3 is 2.21 bits per heavy atom. The predicted molar refractivity (Wildman–Crippen MR) is 77.7 cm³/mol. The topological polar surface area (TPSA) is 47.9 Å². The van der Waals surface area contributed by atoms with Crippen LogP contribution in [0, 0.1) is 5.82 Å². The molecule has 1 aliphatic rings. The number of hydrogen-bond donors (Lipinski definition) is 0. The summed E-state index contributed by atoms with van der Waals surface area (Å²) in [5.74, 6) is -0.808. The molecule has 4 nitrogen and oxygen atoms in total. The van der Waals surface area contributed by atoms with E-state index >= 15 is 0 Å². The van der Waals surface area contributed by atoms with Crippen molar-refractivity contribution in [3.05, 3.63) is 36.0 Å². The lowest BCUT2D eigenvalue weighted by atomic mass is 9.98. The minimum atomic E-state index is -4.51. The molecule has 0 amide bonds. The third-order valence-corrected chi connectivity index (χ3v) is 3.88. The van der Waals surface area contributed by atoms with Crippen LogP contribution in [0.2, 0.25) is 0 Å². The molecular formula is C16H15F4N3O. The second kappa shape index (κ2) is 6.70. The molecule has 1 saturated carbocycles. The molecule has 128 valence electrons. The fourth-order valence-corrected chi connectivity index (χ4v) is 2.60. The minimum Gasteiger partial charge on any atom is -0.472 e. The van der Waals surface area contributed by atoms with E-state index < -0.39 is 17.6 Å². The molecule has 2 aromatic rings. The zero-order valence-corrected chi connectivity index (χ0v) is 12.7. The number of hydrogen-bond acceptors (Lipinski definition) is 4. The molecule has 0 saturated heterocycles. The number of ether oxygens (including phenoxy) is 1. The van der Waals surface area contributed by atoms with Crippen molar-refractivity contribution in [1.29, 1.82) is 0 Å². The SMILES string of the molecule is Fc1cc(-c2ncc(C(F)(F)F)cn2)cnc1OC1CCCCC1. The first-order valence-electron chi connectivity index (χ1n) is 7.65. The highest BCUT2D eigenvalue weighted by Crippen LogP contribution is 2.29. The number of halogens is 4. The minimum absolute atomic E-state index is 0.0291. The third kappa shape index (κ3) is 3.80. The summed E-state index contributed by atoms with van der Waals surface area (Å²) in [5.41, 5.74) is -0.769. The van der Waals surface area contributed by atoms with Crippen LogP contribution in [0.25, 0.3) is 11.4 Å². The smallest absolute Gasteiger partial charge is 0.419 e. The molecule has 3 rings (SSSR count). The molecule has 1 aliphatic carbocycles. The molecule has 1 fully saturated rings. The normalized spacial score (nSPS) is 16.2. The molecule has 0 radical (unpaired) electrons. The molecule has 0 unspecified atom stereocenters. The summed E-state index contributed by atoms with van der Waals surface area (Å²) in [5, 5.41) is 0. The zero-order chi connectivity index (χ0) is 17.2. The highest BCUT2D eigenvalue weighted by atomic mass is 19.4. The first-order valence-corrected chi connectivity index (χ1v) is 7.65. The van der Waals surface area contributed by atoms with Gasteiger partial charge in [-0.25, -0.2) is 19.3 Å². The van der Waals surface area contributed by atoms with Gasteiger partial charge in [0.2, 0.25) is 0 Å². The molecule has 0 aromatic carbocycles. The molecule has 0 aliphatic heterocycles. The highest BCUT2D eigenvalue weighted by molar-refractivity contribution is 5.54. The van der Waals surface area contributed by atoms with Crippen molar-refractivity contribution in [2.75, 3.05) is 0 Å². The van der Waals surface area contributed by atoms with Crippen LogP contribution in [0.15, 0.2) is 24.7 Å². The Bertz CT molecular complexity index is 697. The molecule has 0 spiro atoms. The average molecular weight is 341 g/mol. The maximum atomic E-state index is 14.1. The van der Waals surface area contributed by atoms with Crippen molar-refractivity contribution < 1.29 is 22.3 Å². The molecule has 0 atom stereocenters. The maximum Gasteiger partial charge on any atom is 0.419 e. The van der Waals surface area contributed by atoms with E-state index in [1.54, 1.807) is 0 Å². The second-order valence-electron chi connectivity index (χ2n) is 5.68. The Labute approximate surface area is 135 Å². The first kappa shape index (κ1) is 16.6. The van der Waals surface area contributed by atoms with E-state index in [2.05, 4.69) is 15.0 Å². The van der Waals surface area contributed by atoms with Crippen LogP contribution >= 0.6 is 0 Å². The lowest BCUT2D eigenvalue weighted by molar-refractivity contribution is -0.138. The van der Waals surface area contributed by atoms with Crippen LogP contribution in [0.3, 0.4) is 0 Å². The summed E-state index contributed by atoms with van der Waals surface area (Å²) >= 11 is 0. The fourth-order valence-electron chi connectivity index (χ4n) is 2.60. The molecule has 8 heteroatoms. The highest BCUT2D eigenvalue weighted by Gasteiger charge is 2.31. The number of aromatic nitrogens is 3. The van der Waals surface area contributed by atoms with E-state index in [-0.39, 0.29) is 23.4 Å². The van der Waals surface area contributed by atoms with Crippen molar-refractivity contribution >= 4 is 0 Å². The van der Waals surface area contributed by atoms with Gasteiger partial charge in [-0.3, -0.25) is 0 Å². The summed E-state index contributed by atoms with van der Waals surface area (Å²) in [6.45, 7) is 0. The predicted octanol–water partition coefficient (Wildman–Crippen LogP) is 4.41. The van der Waals surface area contributed by atoms with Gasteiger partial charge < -0.3 is 4.74 Å². The first-order chi connectivity index (χ1) is 11.4. The van der Waals surface area contributed by atoms with E-state index in [0.29, 0.717) is 12.4 Å². The lowest BCUT2D eigenvalue weighted by Crippen LogP contribution is -2.20. The maximum absolute atomic E-state index is 14.1. The Balaban J connectivity index is 1.76. The quantitative estimate of drug-likeness (QED) is 0.776. The van der Waals surface area contributed by atoms with Crippen molar-refractivity contribution in [3.8, 4) is 17.3 Å². The van der Waals surface area contributed by atoms with Crippen LogP contribution in [-0.4, -0.2) is 21.1 Å². The summed E-state index contributed by atoms with van der Waals surface area (Å²) in [6.07, 6.45) is 3.03. The standard InChI is InChI=1S/C16H15F4N3O/c17-13-6-10(14-21-8-11(9-22-14)16(18,19)20)7-23-15(13)24-12-4-2-1-3-5-12/h6-9,12H,1-5H2. The molecular weight excluding hydrogens is 326 g/mol.